The number of rotatable bonds is 3. The molecular formula is C10H18IN5. The summed E-state index contributed by atoms with van der Waals surface area (Å²) in [7, 11) is 0. The van der Waals surface area contributed by atoms with Gasteiger partial charge in [0.05, 0.1) is 12.2 Å². The maximum Gasteiger partial charge on any atom is 0.189 e. The molecule has 0 saturated carbocycles. The maximum absolute atomic E-state index is 5.66. The molecular weight excluding hydrogens is 317 g/mol. The Balaban J connectivity index is 0.00000225. The van der Waals surface area contributed by atoms with Gasteiger partial charge in [-0.2, -0.15) is 0 Å². The average Bonchev–Trinajstić information content (AvgIpc) is 2.14. The van der Waals surface area contributed by atoms with Gasteiger partial charge in [0.25, 0.3) is 0 Å². The van der Waals surface area contributed by atoms with Crippen molar-refractivity contribution in [3.05, 3.63) is 23.8 Å². The lowest BCUT2D eigenvalue weighted by Gasteiger charge is -2.08. The van der Waals surface area contributed by atoms with Crippen molar-refractivity contribution >= 4 is 29.9 Å². The van der Waals surface area contributed by atoms with Crippen molar-refractivity contribution in [3.8, 4) is 0 Å². The van der Waals surface area contributed by atoms with Gasteiger partial charge >= 0.3 is 0 Å². The molecule has 5 nitrogen and oxygen atoms in total. The fourth-order valence-electron chi connectivity index (χ4n) is 1.10. The third kappa shape index (κ3) is 5.84. The Morgan fingerprint density at radius 2 is 2.25 bits per heavy atom. The van der Waals surface area contributed by atoms with Crippen molar-refractivity contribution < 1.29 is 0 Å². The fourth-order valence-corrected chi connectivity index (χ4v) is 1.10. The molecule has 0 aliphatic carbocycles. The Hall–Kier alpha value is -0.920. The van der Waals surface area contributed by atoms with Crippen molar-refractivity contribution in [2.45, 2.75) is 33.4 Å². The molecule has 3 N–H and O–H groups in total. The van der Waals surface area contributed by atoms with Gasteiger partial charge in [0.15, 0.2) is 5.96 Å². The van der Waals surface area contributed by atoms with E-state index in [4.69, 9.17) is 5.73 Å². The van der Waals surface area contributed by atoms with Gasteiger partial charge in [-0.15, -0.1) is 24.0 Å². The lowest BCUT2D eigenvalue weighted by molar-refractivity contribution is 0.722. The largest absolute Gasteiger partial charge is 0.370 e. The van der Waals surface area contributed by atoms with Gasteiger partial charge in [-0.25, -0.2) is 15.0 Å². The first-order valence-electron chi connectivity index (χ1n) is 4.93. The van der Waals surface area contributed by atoms with E-state index >= 15 is 0 Å². The highest BCUT2D eigenvalue weighted by Crippen LogP contribution is 1.96. The van der Waals surface area contributed by atoms with Crippen LogP contribution in [0.4, 0.5) is 0 Å². The van der Waals surface area contributed by atoms with Crippen molar-refractivity contribution in [2.75, 3.05) is 0 Å². The first-order valence-corrected chi connectivity index (χ1v) is 4.93. The van der Waals surface area contributed by atoms with E-state index in [2.05, 4.69) is 20.3 Å². The monoisotopic (exact) mass is 335 g/mol. The second-order valence-corrected chi connectivity index (χ2v) is 3.60. The summed E-state index contributed by atoms with van der Waals surface area (Å²) in [5, 5.41) is 3.01. The third-order valence-corrected chi connectivity index (χ3v) is 1.68. The third-order valence-electron chi connectivity index (χ3n) is 1.68. The van der Waals surface area contributed by atoms with Gasteiger partial charge in [-0.3, -0.25) is 0 Å². The minimum absolute atomic E-state index is 0. The number of halogens is 1. The van der Waals surface area contributed by atoms with Crippen LogP contribution in [0.25, 0.3) is 0 Å². The highest BCUT2D eigenvalue weighted by Gasteiger charge is 1.97. The summed E-state index contributed by atoms with van der Waals surface area (Å²) in [4.78, 5) is 12.4. The molecule has 1 aromatic rings. The Labute approximate surface area is 113 Å². The quantitative estimate of drug-likeness (QED) is 0.495. The molecule has 0 aromatic carbocycles. The molecule has 1 heterocycles. The summed E-state index contributed by atoms with van der Waals surface area (Å²) in [5.41, 5.74) is 6.53. The lowest BCUT2D eigenvalue weighted by atomic mass is 10.4. The van der Waals surface area contributed by atoms with E-state index in [1.54, 1.807) is 6.20 Å². The van der Waals surface area contributed by atoms with Gasteiger partial charge in [-0.05, 0) is 26.8 Å². The number of hydrogen-bond acceptors (Lipinski definition) is 3. The predicted octanol–water partition coefficient (Wildman–Crippen LogP) is 1.22. The predicted molar refractivity (Wildman–Crippen MR) is 75.8 cm³/mol. The van der Waals surface area contributed by atoms with Crippen molar-refractivity contribution in [3.63, 3.8) is 0 Å². The van der Waals surface area contributed by atoms with Crippen LogP contribution in [0.15, 0.2) is 17.3 Å². The standard InChI is InChI=1S/C10H17N5.HI/c1-7(2)14-10(11)13-6-9-4-5-12-8(3)15-9;/h4-5,7H,6H2,1-3H3,(H3,11,13,14);1H. The molecule has 0 amide bonds. The molecule has 0 aliphatic rings. The Kier molecular flexibility index (Phi) is 6.95. The average molecular weight is 335 g/mol. The SMILES string of the molecule is Cc1nccc(CN=C(N)NC(C)C)n1.I. The normalized spacial score (nSPS) is 11.1. The molecule has 6 heteroatoms. The minimum atomic E-state index is 0. The van der Waals surface area contributed by atoms with Crippen LogP contribution in [0.2, 0.25) is 0 Å². The molecule has 0 atom stereocenters. The van der Waals surface area contributed by atoms with Crippen LogP contribution in [0.5, 0.6) is 0 Å². The van der Waals surface area contributed by atoms with Gasteiger partial charge < -0.3 is 11.1 Å². The molecule has 0 aliphatic heterocycles. The molecule has 0 bridgehead atoms. The summed E-state index contributed by atoms with van der Waals surface area (Å²) in [6.45, 7) is 6.35. The zero-order valence-electron chi connectivity index (χ0n) is 9.77. The Bertz CT molecular complexity index is 351. The molecule has 90 valence electrons. The van der Waals surface area contributed by atoms with Crippen LogP contribution in [0.3, 0.4) is 0 Å². The Morgan fingerprint density at radius 3 is 2.81 bits per heavy atom. The number of aryl methyl sites for hydroxylation is 1. The summed E-state index contributed by atoms with van der Waals surface area (Å²) < 4.78 is 0. The number of aromatic nitrogens is 2. The molecule has 0 saturated heterocycles. The highest BCUT2D eigenvalue weighted by molar-refractivity contribution is 14.0. The summed E-state index contributed by atoms with van der Waals surface area (Å²) >= 11 is 0. The first-order chi connectivity index (χ1) is 7.08. The maximum atomic E-state index is 5.66. The van der Waals surface area contributed by atoms with E-state index in [0.717, 1.165) is 11.5 Å². The minimum Gasteiger partial charge on any atom is -0.370 e. The number of guanidine groups is 1. The number of nitrogens with two attached hydrogens (primary N) is 1. The van der Waals surface area contributed by atoms with Crippen molar-refractivity contribution in [2.24, 2.45) is 10.7 Å². The molecule has 1 aromatic heterocycles. The number of nitrogens with zero attached hydrogens (tertiary/aromatic N) is 3. The van der Waals surface area contributed by atoms with Crippen LogP contribution in [0.1, 0.15) is 25.4 Å². The lowest BCUT2D eigenvalue weighted by Crippen LogP contribution is -2.36. The van der Waals surface area contributed by atoms with Gasteiger partial charge in [0.2, 0.25) is 0 Å². The summed E-state index contributed by atoms with van der Waals surface area (Å²) in [6.07, 6.45) is 1.72. The smallest absolute Gasteiger partial charge is 0.189 e. The van der Waals surface area contributed by atoms with Crippen LogP contribution in [-0.4, -0.2) is 22.0 Å². The zero-order chi connectivity index (χ0) is 11.3. The van der Waals surface area contributed by atoms with Crippen molar-refractivity contribution in [1.29, 1.82) is 0 Å². The van der Waals surface area contributed by atoms with Crippen molar-refractivity contribution in [1.82, 2.24) is 15.3 Å². The van der Waals surface area contributed by atoms with E-state index in [1.807, 2.05) is 26.8 Å². The van der Waals surface area contributed by atoms with Crippen LogP contribution in [0, 0.1) is 6.92 Å². The Morgan fingerprint density at radius 1 is 1.56 bits per heavy atom. The number of nitrogens with one attached hydrogen (secondary N) is 1. The first kappa shape index (κ1) is 15.1. The van der Waals surface area contributed by atoms with Crippen LogP contribution >= 0.6 is 24.0 Å². The van der Waals surface area contributed by atoms with E-state index in [0.29, 0.717) is 18.5 Å². The molecule has 0 fully saturated rings. The number of hydrogen-bond donors (Lipinski definition) is 2. The topological polar surface area (TPSA) is 76.2 Å². The van der Waals surface area contributed by atoms with E-state index in [1.165, 1.54) is 0 Å². The molecule has 0 spiro atoms. The van der Waals surface area contributed by atoms with Crippen LogP contribution < -0.4 is 11.1 Å². The number of aliphatic imine (C=N–C) groups is 1. The van der Waals surface area contributed by atoms with Gasteiger partial charge in [-0.1, -0.05) is 0 Å². The van der Waals surface area contributed by atoms with E-state index < -0.39 is 0 Å². The zero-order valence-corrected chi connectivity index (χ0v) is 12.1. The second-order valence-electron chi connectivity index (χ2n) is 3.60. The highest BCUT2D eigenvalue weighted by atomic mass is 127. The summed E-state index contributed by atoms with van der Waals surface area (Å²) in [6, 6.07) is 2.12. The summed E-state index contributed by atoms with van der Waals surface area (Å²) in [5.74, 6) is 1.19. The van der Waals surface area contributed by atoms with Gasteiger partial charge in [0, 0.05) is 12.2 Å². The van der Waals surface area contributed by atoms with Gasteiger partial charge in [0.1, 0.15) is 5.82 Å². The molecule has 16 heavy (non-hydrogen) atoms. The fraction of sp³-hybridized carbons (Fsp3) is 0.500. The van der Waals surface area contributed by atoms with E-state index in [9.17, 15) is 0 Å². The molecule has 0 radical (unpaired) electrons. The van der Waals surface area contributed by atoms with E-state index in [-0.39, 0.29) is 24.0 Å². The molecule has 1 rings (SSSR count). The molecule has 0 unspecified atom stereocenters. The van der Waals surface area contributed by atoms with Crippen LogP contribution in [-0.2, 0) is 6.54 Å². The second kappa shape index (κ2) is 7.37.